The van der Waals surface area contributed by atoms with Crippen LogP contribution in [0.2, 0.25) is 0 Å². The fourth-order valence-corrected chi connectivity index (χ4v) is 1.32. The minimum absolute atomic E-state index is 0.0324. The summed E-state index contributed by atoms with van der Waals surface area (Å²) in [5.41, 5.74) is 1.56. The smallest absolute Gasteiger partial charge is 0.339 e. The van der Waals surface area contributed by atoms with Crippen molar-refractivity contribution < 1.29 is 14.6 Å². The Kier molecular flexibility index (Phi) is 3.18. The minimum Gasteiger partial charge on any atom is -0.478 e. The van der Waals surface area contributed by atoms with Gasteiger partial charge in [-0.15, -0.1) is 0 Å². The summed E-state index contributed by atoms with van der Waals surface area (Å²) in [5, 5.41) is 9.00. The first-order valence-corrected chi connectivity index (χ1v) is 5.23. The predicted octanol–water partition coefficient (Wildman–Crippen LogP) is 1.98. The molecule has 2 aromatic rings. The second-order valence-electron chi connectivity index (χ2n) is 3.66. The Bertz CT molecular complexity index is 599. The van der Waals surface area contributed by atoms with E-state index in [4.69, 9.17) is 9.84 Å². The van der Waals surface area contributed by atoms with Crippen molar-refractivity contribution in [3.05, 3.63) is 41.6 Å². The van der Waals surface area contributed by atoms with Crippen molar-refractivity contribution in [2.45, 2.75) is 13.8 Å². The van der Waals surface area contributed by atoms with Gasteiger partial charge in [0.2, 0.25) is 5.88 Å². The summed E-state index contributed by atoms with van der Waals surface area (Å²) in [6, 6.07) is 1.37. The van der Waals surface area contributed by atoms with Crippen molar-refractivity contribution in [3.63, 3.8) is 0 Å². The van der Waals surface area contributed by atoms with E-state index < -0.39 is 5.97 Å². The fraction of sp³-hybridized carbons (Fsp3) is 0.167. The number of aromatic carboxylic acids is 1. The minimum atomic E-state index is -1.08. The second-order valence-corrected chi connectivity index (χ2v) is 3.66. The first-order chi connectivity index (χ1) is 8.58. The van der Waals surface area contributed by atoms with E-state index >= 15 is 0 Å². The van der Waals surface area contributed by atoms with Crippen LogP contribution < -0.4 is 4.74 Å². The molecule has 1 N–H and O–H groups in total. The van der Waals surface area contributed by atoms with Crippen molar-refractivity contribution in [1.82, 2.24) is 15.0 Å². The molecule has 0 spiro atoms. The molecule has 0 radical (unpaired) electrons. The standard InChI is InChI=1S/C12H11N3O3/c1-7-8(2)15-11(6-14-7)18-10-5-13-4-3-9(10)12(16)17/h3-6H,1-2H3,(H,16,17). The number of aromatic nitrogens is 3. The summed E-state index contributed by atoms with van der Waals surface area (Å²) in [6.07, 6.45) is 4.17. The van der Waals surface area contributed by atoms with Crippen LogP contribution in [0.1, 0.15) is 21.7 Å². The molecule has 92 valence electrons. The van der Waals surface area contributed by atoms with Crippen molar-refractivity contribution in [1.29, 1.82) is 0 Å². The average Bonchev–Trinajstić information content (AvgIpc) is 2.34. The fourth-order valence-electron chi connectivity index (χ4n) is 1.32. The molecule has 18 heavy (non-hydrogen) atoms. The predicted molar refractivity (Wildman–Crippen MR) is 62.8 cm³/mol. The lowest BCUT2D eigenvalue weighted by atomic mass is 10.2. The number of hydrogen-bond donors (Lipinski definition) is 1. The van der Waals surface area contributed by atoms with Gasteiger partial charge in [-0.2, -0.15) is 0 Å². The second kappa shape index (κ2) is 4.79. The lowest BCUT2D eigenvalue weighted by molar-refractivity contribution is 0.0694. The summed E-state index contributed by atoms with van der Waals surface area (Å²) >= 11 is 0. The number of carboxylic acids is 1. The topological polar surface area (TPSA) is 85.2 Å². The summed E-state index contributed by atoms with van der Waals surface area (Å²) in [5.74, 6) is -0.694. The van der Waals surface area contributed by atoms with Crippen LogP contribution in [0.15, 0.2) is 24.7 Å². The molecule has 0 fully saturated rings. The van der Waals surface area contributed by atoms with Gasteiger partial charge in [-0.05, 0) is 19.9 Å². The first-order valence-electron chi connectivity index (χ1n) is 5.23. The van der Waals surface area contributed by atoms with E-state index in [1.807, 2.05) is 6.92 Å². The largest absolute Gasteiger partial charge is 0.478 e. The number of hydrogen-bond acceptors (Lipinski definition) is 5. The summed E-state index contributed by atoms with van der Waals surface area (Å²) in [4.78, 5) is 23.1. The van der Waals surface area contributed by atoms with Crippen molar-refractivity contribution in [2.24, 2.45) is 0 Å². The molecule has 0 aromatic carbocycles. The molecule has 6 nitrogen and oxygen atoms in total. The molecule has 0 saturated carbocycles. The Balaban J connectivity index is 2.34. The molecular formula is C12H11N3O3. The molecule has 2 aromatic heterocycles. The zero-order chi connectivity index (χ0) is 13.1. The van der Waals surface area contributed by atoms with E-state index in [0.29, 0.717) is 0 Å². The number of aryl methyl sites for hydroxylation is 2. The van der Waals surface area contributed by atoms with Gasteiger partial charge in [0.15, 0.2) is 5.75 Å². The number of carbonyl (C=O) groups is 1. The SMILES string of the molecule is Cc1ncc(Oc2cnccc2C(=O)O)nc1C. The van der Waals surface area contributed by atoms with E-state index in [9.17, 15) is 4.79 Å². The molecule has 0 unspecified atom stereocenters. The van der Waals surface area contributed by atoms with Crippen LogP contribution in [0.4, 0.5) is 0 Å². The lowest BCUT2D eigenvalue weighted by Gasteiger charge is -2.07. The van der Waals surface area contributed by atoms with Crippen LogP contribution in [-0.2, 0) is 0 Å². The van der Waals surface area contributed by atoms with E-state index in [1.54, 1.807) is 6.92 Å². The third-order valence-corrected chi connectivity index (χ3v) is 2.40. The number of ether oxygens (including phenoxy) is 1. The molecule has 0 aliphatic heterocycles. The first kappa shape index (κ1) is 12.0. The Hall–Kier alpha value is -2.50. The van der Waals surface area contributed by atoms with Crippen LogP contribution >= 0.6 is 0 Å². The number of rotatable bonds is 3. The maximum atomic E-state index is 11.0. The van der Waals surface area contributed by atoms with Crippen LogP contribution in [0, 0.1) is 13.8 Å². The van der Waals surface area contributed by atoms with E-state index in [2.05, 4.69) is 15.0 Å². The normalized spacial score (nSPS) is 10.1. The van der Waals surface area contributed by atoms with Gasteiger partial charge in [0.05, 0.1) is 23.8 Å². The molecular weight excluding hydrogens is 234 g/mol. The number of nitrogens with zero attached hydrogens (tertiary/aromatic N) is 3. The van der Waals surface area contributed by atoms with Gasteiger partial charge < -0.3 is 9.84 Å². The molecule has 0 atom stereocenters. The molecule has 0 amide bonds. The maximum absolute atomic E-state index is 11.0. The van der Waals surface area contributed by atoms with E-state index in [0.717, 1.165) is 11.4 Å². The van der Waals surface area contributed by atoms with Gasteiger partial charge in [0, 0.05) is 6.20 Å². The van der Waals surface area contributed by atoms with Gasteiger partial charge in [-0.3, -0.25) is 9.97 Å². The van der Waals surface area contributed by atoms with Gasteiger partial charge in [-0.25, -0.2) is 9.78 Å². The summed E-state index contributed by atoms with van der Waals surface area (Å²) in [7, 11) is 0. The van der Waals surface area contributed by atoms with Crippen LogP contribution in [0.3, 0.4) is 0 Å². The Morgan fingerprint density at radius 3 is 2.72 bits per heavy atom. The Morgan fingerprint density at radius 2 is 2.06 bits per heavy atom. The quantitative estimate of drug-likeness (QED) is 0.889. The van der Waals surface area contributed by atoms with E-state index in [1.165, 1.54) is 24.7 Å². The molecule has 0 bridgehead atoms. The van der Waals surface area contributed by atoms with Gasteiger partial charge >= 0.3 is 5.97 Å². The zero-order valence-electron chi connectivity index (χ0n) is 9.91. The van der Waals surface area contributed by atoms with Gasteiger partial charge in [0.25, 0.3) is 0 Å². The molecule has 0 aliphatic rings. The Labute approximate surface area is 103 Å². The third kappa shape index (κ3) is 2.42. The molecule has 6 heteroatoms. The summed E-state index contributed by atoms with van der Waals surface area (Å²) in [6.45, 7) is 3.63. The molecule has 0 aliphatic carbocycles. The van der Waals surface area contributed by atoms with Crippen molar-refractivity contribution in [2.75, 3.05) is 0 Å². The lowest BCUT2D eigenvalue weighted by Crippen LogP contribution is -2.02. The molecule has 0 saturated heterocycles. The zero-order valence-corrected chi connectivity index (χ0v) is 9.91. The van der Waals surface area contributed by atoms with Crippen molar-refractivity contribution >= 4 is 5.97 Å². The van der Waals surface area contributed by atoms with Gasteiger partial charge in [0.1, 0.15) is 5.56 Å². The highest BCUT2D eigenvalue weighted by atomic mass is 16.5. The molecule has 2 rings (SSSR count). The molecule has 2 heterocycles. The number of pyridine rings is 1. The highest BCUT2D eigenvalue weighted by Crippen LogP contribution is 2.22. The number of carboxylic acid groups (broad SMARTS) is 1. The van der Waals surface area contributed by atoms with Crippen LogP contribution in [0.25, 0.3) is 0 Å². The monoisotopic (exact) mass is 245 g/mol. The van der Waals surface area contributed by atoms with Crippen molar-refractivity contribution in [3.8, 4) is 11.6 Å². The highest BCUT2D eigenvalue weighted by molar-refractivity contribution is 5.90. The Morgan fingerprint density at radius 1 is 1.28 bits per heavy atom. The highest BCUT2D eigenvalue weighted by Gasteiger charge is 2.12. The average molecular weight is 245 g/mol. The van der Waals surface area contributed by atoms with Crippen LogP contribution in [0.5, 0.6) is 11.6 Å². The maximum Gasteiger partial charge on any atom is 0.339 e. The summed E-state index contributed by atoms with van der Waals surface area (Å²) < 4.78 is 5.39. The van der Waals surface area contributed by atoms with Gasteiger partial charge in [-0.1, -0.05) is 0 Å². The van der Waals surface area contributed by atoms with E-state index in [-0.39, 0.29) is 17.2 Å². The van der Waals surface area contributed by atoms with Crippen LogP contribution in [-0.4, -0.2) is 26.0 Å². The third-order valence-electron chi connectivity index (χ3n) is 2.40.